The van der Waals surface area contributed by atoms with Crippen molar-refractivity contribution in [3.8, 4) is 0 Å². The summed E-state index contributed by atoms with van der Waals surface area (Å²) in [5.41, 5.74) is -1.64. The molecule has 26 heavy (non-hydrogen) atoms. The molecular formula is C17H17Cl2F2N3O2. The third kappa shape index (κ3) is 4.59. The van der Waals surface area contributed by atoms with Crippen LogP contribution in [0, 0.1) is 0 Å². The highest BCUT2D eigenvalue weighted by molar-refractivity contribution is 6.35. The third-order valence-electron chi connectivity index (χ3n) is 3.80. The third-order valence-corrected chi connectivity index (χ3v) is 4.38. The maximum absolute atomic E-state index is 13.0. The van der Waals surface area contributed by atoms with E-state index in [1.54, 1.807) is 12.1 Å². The van der Waals surface area contributed by atoms with Crippen LogP contribution in [0.15, 0.2) is 24.4 Å². The van der Waals surface area contributed by atoms with Gasteiger partial charge in [0.25, 0.3) is 12.3 Å². The molecule has 140 valence electrons. The van der Waals surface area contributed by atoms with Crippen molar-refractivity contribution in [2.24, 2.45) is 7.05 Å². The number of hydrogen-bond acceptors (Lipinski definition) is 3. The van der Waals surface area contributed by atoms with Crippen molar-refractivity contribution < 1.29 is 18.4 Å². The molecule has 0 saturated carbocycles. The fraction of sp³-hybridized carbons (Fsp3) is 0.353. The Hall–Kier alpha value is -1.99. The first-order valence-corrected chi connectivity index (χ1v) is 8.38. The molecule has 0 aliphatic rings. The van der Waals surface area contributed by atoms with Crippen molar-refractivity contribution in [3.63, 3.8) is 0 Å². The van der Waals surface area contributed by atoms with Gasteiger partial charge in [-0.25, -0.2) is 8.78 Å². The molecule has 0 radical (unpaired) electrons. The van der Waals surface area contributed by atoms with Gasteiger partial charge in [-0.15, -0.1) is 0 Å². The average molecular weight is 404 g/mol. The van der Waals surface area contributed by atoms with Gasteiger partial charge in [-0.3, -0.25) is 14.3 Å². The number of halogens is 4. The fourth-order valence-corrected chi connectivity index (χ4v) is 2.80. The first-order chi connectivity index (χ1) is 12.0. The molecule has 0 aliphatic heterocycles. The molecule has 2 rings (SSSR count). The Labute approximate surface area is 159 Å². The molecule has 1 heterocycles. The van der Waals surface area contributed by atoms with E-state index in [0.29, 0.717) is 15.6 Å². The summed E-state index contributed by atoms with van der Waals surface area (Å²) >= 11 is 11.9. The predicted octanol–water partition coefficient (Wildman–Crippen LogP) is 3.98. The van der Waals surface area contributed by atoms with E-state index in [9.17, 15) is 18.4 Å². The van der Waals surface area contributed by atoms with Crippen LogP contribution in [0.1, 0.15) is 41.9 Å². The lowest BCUT2D eigenvalue weighted by molar-refractivity contribution is -0.123. The number of amides is 1. The molecule has 1 amide bonds. The number of carbonyl (C=O) groups excluding carboxylic acids is 2. The van der Waals surface area contributed by atoms with Crippen LogP contribution in [0.4, 0.5) is 8.78 Å². The minimum Gasteiger partial charge on any atom is -0.340 e. The van der Waals surface area contributed by atoms with Crippen molar-refractivity contribution in [1.29, 1.82) is 0 Å². The number of Topliss-reactive ketones (excluding diaryl/α,β-unsaturated/α-hetero) is 1. The number of aryl methyl sites for hydroxylation is 1. The normalized spacial score (nSPS) is 11.7. The van der Waals surface area contributed by atoms with Crippen LogP contribution in [-0.2, 0) is 18.3 Å². The molecule has 0 unspecified atom stereocenters. The van der Waals surface area contributed by atoms with Gasteiger partial charge in [0.2, 0.25) is 0 Å². The van der Waals surface area contributed by atoms with Gasteiger partial charge in [-0.1, -0.05) is 29.3 Å². The maximum atomic E-state index is 13.0. The van der Waals surface area contributed by atoms with E-state index in [1.165, 1.54) is 33.2 Å². The van der Waals surface area contributed by atoms with Gasteiger partial charge in [0, 0.05) is 29.7 Å². The number of rotatable bonds is 6. The molecule has 1 aromatic heterocycles. The van der Waals surface area contributed by atoms with Crippen molar-refractivity contribution >= 4 is 34.9 Å². The largest absolute Gasteiger partial charge is 0.340 e. The molecule has 0 aliphatic carbocycles. The number of nitrogens with zero attached hydrogens (tertiary/aromatic N) is 2. The highest BCUT2D eigenvalue weighted by Crippen LogP contribution is 2.24. The topological polar surface area (TPSA) is 64.0 Å². The summed E-state index contributed by atoms with van der Waals surface area (Å²) in [4.78, 5) is 25.0. The van der Waals surface area contributed by atoms with E-state index in [0.717, 1.165) is 4.68 Å². The molecule has 0 bridgehead atoms. The van der Waals surface area contributed by atoms with E-state index in [1.807, 2.05) is 0 Å². The Morgan fingerprint density at radius 3 is 2.54 bits per heavy atom. The van der Waals surface area contributed by atoms with Crippen LogP contribution < -0.4 is 5.32 Å². The first-order valence-electron chi connectivity index (χ1n) is 7.62. The number of aromatic nitrogens is 2. The van der Waals surface area contributed by atoms with Gasteiger partial charge in [0.15, 0.2) is 5.78 Å². The Balaban J connectivity index is 2.16. The van der Waals surface area contributed by atoms with Crippen LogP contribution in [-0.4, -0.2) is 27.0 Å². The zero-order valence-electron chi connectivity index (χ0n) is 14.3. The Kier molecular flexibility index (Phi) is 6.03. The van der Waals surface area contributed by atoms with Gasteiger partial charge in [0.1, 0.15) is 5.69 Å². The molecular weight excluding hydrogens is 387 g/mol. The second-order valence-electron chi connectivity index (χ2n) is 6.32. The van der Waals surface area contributed by atoms with E-state index >= 15 is 0 Å². The molecule has 0 spiro atoms. The van der Waals surface area contributed by atoms with Gasteiger partial charge in [-0.05, 0) is 31.5 Å². The van der Waals surface area contributed by atoms with E-state index in [2.05, 4.69) is 10.4 Å². The zero-order chi connectivity index (χ0) is 19.6. The zero-order valence-corrected chi connectivity index (χ0v) is 15.8. The molecule has 2 aromatic rings. The number of carbonyl (C=O) groups is 2. The van der Waals surface area contributed by atoms with Crippen LogP contribution in [0.25, 0.3) is 0 Å². The minimum atomic E-state index is -2.90. The number of benzene rings is 1. The molecule has 0 saturated heterocycles. The molecule has 0 fully saturated rings. The summed E-state index contributed by atoms with van der Waals surface area (Å²) in [7, 11) is 1.43. The average Bonchev–Trinajstić information content (AvgIpc) is 2.92. The summed E-state index contributed by atoms with van der Waals surface area (Å²) in [5, 5.41) is 6.85. The first kappa shape index (κ1) is 20.3. The van der Waals surface area contributed by atoms with Crippen LogP contribution in [0.2, 0.25) is 10.0 Å². The highest BCUT2D eigenvalue weighted by Gasteiger charge is 2.32. The lowest BCUT2D eigenvalue weighted by Crippen LogP contribution is -2.50. The van der Waals surface area contributed by atoms with Crippen LogP contribution in [0.3, 0.4) is 0 Å². The SMILES string of the molecule is Cn1cc(C(=O)NC(C)(C)C(=O)Cc2ccc(Cl)cc2Cl)c(C(F)F)n1. The summed E-state index contributed by atoms with van der Waals surface area (Å²) in [6.45, 7) is 2.99. The molecule has 0 atom stereocenters. The number of ketones is 1. The van der Waals surface area contributed by atoms with E-state index < -0.39 is 23.6 Å². The van der Waals surface area contributed by atoms with Gasteiger partial charge >= 0.3 is 0 Å². The number of nitrogens with one attached hydrogen (secondary N) is 1. The Morgan fingerprint density at radius 2 is 1.96 bits per heavy atom. The Morgan fingerprint density at radius 1 is 1.31 bits per heavy atom. The standard InChI is InChI=1S/C17H17Cl2F2N3O2/c1-17(2,13(25)6-9-4-5-10(18)7-12(9)19)22-16(26)11-8-24(3)23-14(11)15(20)21/h4-5,7-8,15H,6H2,1-3H3,(H,22,26). The smallest absolute Gasteiger partial charge is 0.282 e. The highest BCUT2D eigenvalue weighted by atomic mass is 35.5. The second-order valence-corrected chi connectivity index (χ2v) is 7.16. The van der Waals surface area contributed by atoms with Crippen molar-refractivity contribution in [2.75, 3.05) is 0 Å². The Bertz CT molecular complexity index is 851. The predicted molar refractivity (Wildman–Crippen MR) is 94.9 cm³/mol. The molecule has 1 N–H and O–H groups in total. The summed E-state index contributed by atoms with van der Waals surface area (Å²) in [6, 6.07) is 4.74. The lowest BCUT2D eigenvalue weighted by Gasteiger charge is -2.25. The maximum Gasteiger partial charge on any atom is 0.282 e. The molecule has 1 aromatic carbocycles. The number of hydrogen-bond donors (Lipinski definition) is 1. The van der Waals surface area contributed by atoms with Crippen molar-refractivity contribution in [3.05, 3.63) is 51.3 Å². The van der Waals surface area contributed by atoms with E-state index in [4.69, 9.17) is 23.2 Å². The van der Waals surface area contributed by atoms with Crippen LogP contribution in [0.5, 0.6) is 0 Å². The monoisotopic (exact) mass is 403 g/mol. The van der Waals surface area contributed by atoms with Crippen LogP contribution >= 0.6 is 23.2 Å². The van der Waals surface area contributed by atoms with Crippen molar-refractivity contribution in [1.82, 2.24) is 15.1 Å². The summed E-state index contributed by atoms with van der Waals surface area (Å²) in [5.74, 6) is -1.13. The summed E-state index contributed by atoms with van der Waals surface area (Å²) in [6.07, 6.45) is -1.76. The quantitative estimate of drug-likeness (QED) is 0.792. The molecule has 5 nitrogen and oxygen atoms in total. The van der Waals surface area contributed by atoms with Gasteiger partial charge in [0.05, 0.1) is 11.1 Å². The summed E-state index contributed by atoms with van der Waals surface area (Å²) < 4.78 is 27.1. The lowest BCUT2D eigenvalue weighted by atomic mass is 9.93. The number of alkyl halides is 2. The minimum absolute atomic E-state index is 0.0436. The fourth-order valence-electron chi connectivity index (χ4n) is 2.32. The van der Waals surface area contributed by atoms with Crippen molar-refractivity contribution in [2.45, 2.75) is 32.2 Å². The van der Waals surface area contributed by atoms with Gasteiger partial charge in [-0.2, -0.15) is 5.10 Å². The second kappa shape index (κ2) is 7.72. The molecule has 9 heteroatoms. The van der Waals surface area contributed by atoms with E-state index in [-0.39, 0.29) is 17.8 Å². The van der Waals surface area contributed by atoms with Gasteiger partial charge < -0.3 is 5.32 Å².